The van der Waals surface area contributed by atoms with Crippen molar-refractivity contribution in [2.24, 2.45) is 0 Å². The van der Waals surface area contributed by atoms with E-state index in [4.69, 9.17) is 21.6 Å². The van der Waals surface area contributed by atoms with Gasteiger partial charge in [-0.2, -0.15) is 4.98 Å². The van der Waals surface area contributed by atoms with Gasteiger partial charge in [0, 0.05) is 63.0 Å². The highest BCUT2D eigenvalue weighted by Crippen LogP contribution is 2.38. The van der Waals surface area contributed by atoms with Crippen molar-refractivity contribution in [2.45, 2.75) is 52.1 Å². The summed E-state index contributed by atoms with van der Waals surface area (Å²) >= 11 is 6.50. The Hall–Kier alpha value is -3.00. The number of halogens is 1. The lowest BCUT2D eigenvalue weighted by atomic mass is 10.0. The van der Waals surface area contributed by atoms with E-state index < -0.39 is 0 Å². The number of benzene rings is 1. The van der Waals surface area contributed by atoms with E-state index in [-0.39, 0.29) is 23.9 Å². The van der Waals surface area contributed by atoms with E-state index >= 15 is 0 Å². The minimum atomic E-state index is 0.0906. The Morgan fingerprint density at radius 1 is 1.14 bits per heavy atom. The summed E-state index contributed by atoms with van der Waals surface area (Å²) in [6.07, 6.45) is 4.95. The molecular weight excluding hydrogens is 464 g/mol. The van der Waals surface area contributed by atoms with E-state index in [0.717, 1.165) is 47.6 Å². The summed E-state index contributed by atoms with van der Waals surface area (Å²) in [6.45, 7) is 9.21. The van der Waals surface area contributed by atoms with Crippen LogP contribution >= 0.6 is 11.6 Å². The van der Waals surface area contributed by atoms with Gasteiger partial charge in [-0.3, -0.25) is 4.79 Å². The average molecular weight is 497 g/mol. The second-order valence-corrected chi connectivity index (χ2v) is 10.2. The van der Waals surface area contributed by atoms with Gasteiger partial charge in [-0.05, 0) is 44.7 Å². The minimum absolute atomic E-state index is 0.0906. The molecule has 0 saturated carbocycles. The van der Waals surface area contributed by atoms with Crippen molar-refractivity contribution >= 4 is 40.2 Å². The van der Waals surface area contributed by atoms with Crippen LogP contribution in [0.15, 0.2) is 30.5 Å². The smallest absolute Gasteiger partial charge is 0.228 e. The van der Waals surface area contributed by atoms with Gasteiger partial charge in [0.15, 0.2) is 0 Å². The molecule has 9 heteroatoms. The van der Waals surface area contributed by atoms with Crippen molar-refractivity contribution in [2.75, 3.05) is 42.5 Å². The highest BCUT2D eigenvalue weighted by Gasteiger charge is 2.31. The maximum atomic E-state index is 11.8. The molecule has 35 heavy (non-hydrogen) atoms. The predicted octanol–water partition coefficient (Wildman–Crippen LogP) is 4.25. The number of carbonyl (C=O) groups excluding carboxylic acids is 1. The number of hydrogen-bond donors (Lipinski definition) is 1. The third kappa shape index (κ3) is 4.51. The quantitative estimate of drug-likeness (QED) is 0.569. The Morgan fingerprint density at radius 2 is 1.89 bits per heavy atom. The van der Waals surface area contributed by atoms with Gasteiger partial charge in [0.2, 0.25) is 17.7 Å². The minimum Gasteiger partial charge on any atom is -0.493 e. The SMILES string of the molecule is CC(=O)N1CCN(c2nc(N3CCCC3Cc3ccccc3Cl)c3cn(C(C)C)c(O)c3n2)CC1. The monoisotopic (exact) mass is 496 g/mol. The lowest BCUT2D eigenvalue weighted by Gasteiger charge is -2.35. The lowest BCUT2D eigenvalue weighted by molar-refractivity contribution is -0.129. The molecule has 2 aliphatic rings. The molecule has 1 amide bonds. The van der Waals surface area contributed by atoms with Crippen LogP contribution < -0.4 is 9.80 Å². The van der Waals surface area contributed by atoms with Crippen LogP contribution in [0.1, 0.15) is 45.2 Å². The molecule has 4 heterocycles. The number of piperazine rings is 1. The third-order valence-corrected chi connectivity index (χ3v) is 7.63. The van der Waals surface area contributed by atoms with Crippen molar-refractivity contribution in [1.29, 1.82) is 0 Å². The number of aromatic nitrogens is 3. The Bertz CT molecular complexity index is 1230. The van der Waals surface area contributed by atoms with Gasteiger partial charge in [-0.15, -0.1) is 0 Å². The lowest BCUT2D eigenvalue weighted by Crippen LogP contribution is -2.48. The van der Waals surface area contributed by atoms with E-state index in [1.807, 2.05) is 47.7 Å². The fourth-order valence-electron chi connectivity index (χ4n) is 5.28. The maximum Gasteiger partial charge on any atom is 0.228 e. The van der Waals surface area contributed by atoms with Crippen molar-refractivity contribution < 1.29 is 9.90 Å². The van der Waals surface area contributed by atoms with Gasteiger partial charge in [-0.25, -0.2) is 4.98 Å². The first-order chi connectivity index (χ1) is 16.8. The van der Waals surface area contributed by atoms with E-state index in [9.17, 15) is 9.90 Å². The molecule has 1 aromatic carbocycles. The molecule has 1 N–H and O–H groups in total. The van der Waals surface area contributed by atoms with Crippen molar-refractivity contribution in [3.05, 3.63) is 41.0 Å². The Labute approximate surface area is 211 Å². The first kappa shape index (κ1) is 23.7. The normalized spacial score (nSPS) is 18.8. The molecule has 2 aromatic heterocycles. The summed E-state index contributed by atoms with van der Waals surface area (Å²) in [5.74, 6) is 1.73. The van der Waals surface area contributed by atoms with E-state index in [2.05, 4.69) is 15.9 Å². The van der Waals surface area contributed by atoms with Crippen molar-refractivity contribution in [3.8, 4) is 5.88 Å². The number of aromatic hydroxyl groups is 1. The Morgan fingerprint density at radius 3 is 2.57 bits per heavy atom. The highest BCUT2D eigenvalue weighted by molar-refractivity contribution is 6.31. The zero-order chi connectivity index (χ0) is 24.7. The summed E-state index contributed by atoms with van der Waals surface area (Å²) in [5, 5.41) is 12.7. The van der Waals surface area contributed by atoms with Crippen LogP contribution in [0.4, 0.5) is 11.8 Å². The van der Waals surface area contributed by atoms with Crippen LogP contribution in [0.25, 0.3) is 10.9 Å². The molecule has 2 saturated heterocycles. The fourth-order valence-corrected chi connectivity index (χ4v) is 5.49. The predicted molar refractivity (Wildman–Crippen MR) is 140 cm³/mol. The summed E-state index contributed by atoms with van der Waals surface area (Å²) in [4.78, 5) is 28.0. The third-order valence-electron chi connectivity index (χ3n) is 7.27. The van der Waals surface area contributed by atoms with Crippen LogP contribution in [0, 0.1) is 0 Å². The van der Waals surface area contributed by atoms with Crippen LogP contribution in [0.3, 0.4) is 0 Å². The molecule has 0 radical (unpaired) electrons. The summed E-state index contributed by atoms with van der Waals surface area (Å²) in [7, 11) is 0. The number of fused-ring (bicyclic) bond motifs is 1. The summed E-state index contributed by atoms with van der Waals surface area (Å²) in [6, 6.07) is 8.38. The first-order valence-corrected chi connectivity index (χ1v) is 12.8. The number of rotatable bonds is 5. The molecule has 3 aromatic rings. The van der Waals surface area contributed by atoms with E-state index in [1.165, 1.54) is 0 Å². The zero-order valence-electron chi connectivity index (χ0n) is 20.6. The van der Waals surface area contributed by atoms with Crippen molar-refractivity contribution in [3.63, 3.8) is 0 Å². The zero-order valence-corrected chi connectivity index (χ0v) is 21.4. The van der Waals surface area contributed by atoms with Crippen LogP contribution in [-0.4, -0.2) is 69.2 Å². The Kier molecular flexibility index (Phi) is 6.49. The van der Waals surface area contributed by atoms with Gasteiger partial charge in [0.1, 0.15) is 11.3 Å². The summed E-state index contributed by atoms with van der Waals surface area (Å²) < 4.78 is 1.86. The largest absolute Gasteiger partial charge is 0.493 e. The van der Waals surface area contributed by atoms with Crippen LogP contribution in [0.2, 0.25) is 5.02 Å². The van der Waals surface area contributed by atoms with Gasteiger partial charge in [0.25, 0.3) is 0 Å². The number of amides is 1. The standard InChI is InChI=1S/C26H33ClN6O2/c1-17(2)33-16-21-23(25(33)35)28-26(31-13-11-30(12-14-31)18(3)34)29-24(21)32-10-6-8-20(32)15-19-7-4-5-9-22(19)27/h4-5,7,9,16-17,20,35H,6,8,10-15H2,1-3H3. The van der Waals surface area contributed by atoms with Crippen LogP contribution in [-0.2, 0) is 11.2 Å². The number of anilines is 2. The molecule has 1 unspecified atom stereocenters. The van der Waals surface area contributed by atoms with Crippen molar-refractivity contribution in [1.82, 2.24) is 19.4 Å². The number of hydrogen-bond acceptors (Lipinski definition) is 6. The second kappa shape index (κ2) is 9.57. The molecule has 0 spiro atoms. The molecule has 5 rings (SSSR count). The molecule has 2 aliphatic heterocycles. The maximum absolute atomic E-state index is 11.8. The molecule has 2 fully saturated rings. The second-order valence-electron chi connectivity index (χ2n) is 9.84. The number of nitrogens with zero attached hydrogens (tertiary/aromatic N) is 6. The van der Waals surface area contributed by atoms with Gasteiger partial charge < -0.3 is 24.4 Å². The van der Waals surface area contributed by atoms with E-state index in [0.29, 0.717) is 37.6 Å². The highest BCUT2D eigenvalue weighted by atomic mass is 35.5. The summed E-state index contributed by atoms with van der Waals surface area (Å²) in [5.41, 5.74) is 1.72. The molecule has 8 nitrogen and oxygen atoms in total. The topological polar surface area (TPSA) is 77.7 Å². The van der Waals surface area contributed by atoms with E-state index in [1.54, 1.807) is 6.92 Å². The fraction of sp³-hybridized carbons (Fsp3) is 0.500. The molecule has 186 valence electrons. The van der Waals surface area contributed by atoms with Gasteiger partial charge >= 0.3 is 0 Å². The first-order valence-electron chi connectivity index (χ1n) is 12.5. The van der Waals surface area contributed by atoms with Gasteiger partial charge in [0.05, 0.1) is 5.39 Å². The molecule has 1 atom stereocenters. The van der Waals surface area contributed by atoms with Crippen LogP contribution in [0.5, 0.6) is 5.88 Å². The number of carbonyl (C=O) groups is 1. The average Bonchev–Trinajstić information content (AvgIpc) is 3.44. The Balaban J connectivity index is 1.54. The molecule has 0 bridgehead atoms. The molecular formula is C26H33ClN6O2. The van der Waals surface area contributed by atoms with Gasteiger partial charge in [-0.1, -0.05) is 29.8 Å². The molecule has 0 aliphatic carbocycles.